The maximum Gasteiger partial charge on any atom is 0.372 e. The molecule has 1 aliphatic rings. The zero-order valence-corrected chi connectivity index (χ0v) is 11.6. The number of furan rings is 1. The van der Waals surface area contributed by atoms with Crippen molar-refractivity contribution in [3.8, 4) is 0 Å². The normalized spacial score (nSPS) is 21.2. The maximum atomic E-state index is 11.0. The Morgan fingerprint density at radius 1 is 1.47 bits per heavy atom. The molecule has 0 aliphatic carbocycles. The third-order valence-corrected chi connectivity index (χ3v) is 3.97. The van der Waals surface area contributed by atoms with Crippen LogP contribution in [0.2, 0.25) is 0 Å². The fourth-order valence-electron chi connectivity index (χ4n) is 2.97. The Morgan fingerprint density at radius 3 is 3.05 bits per heavy atom. The molecule has 1 unspecified atom stereocenters. The van der Waals surface area contributed by atoms with Gasteiger partial charge in [0.25, 0.3) is 0 Å². The molecule has 1 saturated heterocycles. The summed E-state index contributed by atoms with van der Waals surface area (Å²) in [4.78, 5) is 13.4. The van der Waals surface area contributed by atoms with E-state index in [1.54, 1.807) is 6.07 Å². The fraction of sp³-hybridized carbons (Fsp3) is 0.667. The molecule has 4 nitrogen and oxygen atoms in total. The smallest absolute Gasteiger partial charge is 0.372 e. The molecule has 0 amide bonds. The highest BCUT2D eigenvalue weighted by molar-refractivity contribution is 5.86. The van der Waals surface area contributed by atoms with E-state index in [4.69, 9.17) is 9.52 Å². The van der Waals surface area contributed by atoms with Gasteiger partial charge >= 0.3 is 5.97 Å². The summed E-state index contributed by atoms with van der Waals surface area (Å²) in [6.45, 7) is 5.06. The predicted octanol–water partition coefficient (Wildman–Crippen LogP) is 3.38. The molecule has 1 N–H and O–H groups in total. The van der Waals surface area contributed by atoms with Crippen LogP contribution in [-0.2, 0) is 6.54 Å². The standard InChI is InChI=1S/C15H23NO3/c1-2-4-12-5-3-8-16(9-6-12)11-13-7-10-19-14(13)15(17)18/h7,10,12H,2-6,8-9,11H2,1H3,(H,17,18). The molecule has 0 radical (unpaired) electrons. The van der Waals surface area contributed by atoms with Gasteiger partial charge in [0.2, 0.25) is 5.76 Å². The van der Waals surface area contributed by atoms with Crippen LogP contribution in [0.3, 0.4) is 0 Å². The van der Waals surface area contributed by atoms with Gasteiger partial charge in [0.1, 0.15) is 0 Å². The Kier molecular flexibility index (Phi) is 5.02. The van der Waals surface area contributed by atoms with E-state index in [9.17, 15) is 4.79 Å². The van der Waals surface area contributed by atoms with E-state index < -0.39 is 5.97 Å². The molecule has 1 aromatic rings. The van der Waals surface area contributed by atoms with Crippen molar-refractivity contribution in [2.75, 3.05) is 13.1 Å². The number of likely N-dealkylation sites (tertiary alicyclic amines) is 1. The zero-order chi connectivity index (χ0) is 13.7. The third-order valence-electron chi connectivity index (χ3n) is 3.97. The van der Waals surface area contributed by atoms with Crippen LogP contribution in [0, 0.1) is 5.92 Å². The van der Waals surface area contributed by atoms with E-state index in [2.05, 4.69) is 11.8 Å². The van der Waals surface area contributed by atoms with Crippen molar-refractivity contribution >= 4 is 5.97 Å². The molecular weight excluding hydrogens is 242 g/mol. The van der Waals surface area contributed by atoms with Crippen LogP contribution in [0.4, 0.5) is 0 Å². The summed E-state index contributed by atoms with van der Waals surface area (Å²) in [6.07, 6.45) is 7.80. The van der Waals surface area contributed by atoms with E-state index in [0.29, 0.717) is 6.54 Å². The fourth-order valence-corrected chi connectivity index (χ4v) is 2.97. The summed E-state index contributed by atoms with van der Waals surface area (Å²) in [5.41, 5.74) is 0.793. The lowest BCUT2D eigenvalue weighted by molar-refractivity contribution is 0.0659. The van der Waals surface area contributed by atoms with Crippen LogP contribution >= 0.6 is 0 Å². The van der Waals surface area contributed by atoms with Gasteiger partial charge in [-0.05, 0) is 44.3 Å². The van der Waals surface area contributed by atoms with Gasteiger partial charge in [0, 0.05) is 12.1 Å². The zero-order valence-electron chi connectivity index (χ0n) is 11.6. The van der Waals surface area contributed by atoms with Crippen LogP contribution in [-0.4, -0.2) is 29.1 Å². The summed E-state index contributed by atoms with van der Waals surface area (Å²) in [7, 11) is 0. The van der Waals surface area contributed by atoms with Crippen molar-refractivity contribution in [2.45, 2.75) is 45.6 Å². The van der Waals surface area contributed by atoms with E-state index in [1.165, 1.54) is 38.4 Å². The number of carboxylic acid groups (broad SMARTS) is 1. The minimum absolute atomic E-state index is 0.0920. The van der Waals surface area contributed by atoms with Crippen LogP contribution in [0.1, 0.15) is 55.1 Å². The van der Waals surface area contributed by atoms with Crippen molar-refractivity contribution in [1.29, 1.82) is 0 Å². The number of hydrogen-bond donors (Lipinski definition) is 1. The molecule has 0 spiro atoms. The highest BCUT2D eigenvalue weighted by Gasteiger charge is 2.20. The van der Waals surface area contributed by atoms with E-state index >= 15 is 0 Å². The molecule has 106 valence electrons. The van der Waals surface area contributed by atoms with Gasteiger partial charge in [-0.25, -0.2) is 4.79 Å². The van der Waals surface area contributed by atoms with Crippen molar-refractivity contribution in [3.05, 3.63) is 23.7 Å². The van der Waals surface area contributed by atoms with Gasteiger partial charge in [0.05, 0.1) is 6.26 Å². The summed E-state index contributed by atoms with van der Waals surface area (Å²) in [5, 5.41) is 9.04. The molecule has 1 aliphatic heterocycles. The average molecular weight is 265 g/mol. The number of carboxylic acids is 1. The second-order valence-corrected chi connectivity index (χ2v) is 5.44. The second-order valence-electron chi connectivity index (χ2n) is 5.44. The average Bonchev–Trinajstić information content (AvgIpc) is 2.72. The Balaban J connectivity index is 1.92. The number of rotatable bonds is 5. The number of aromatic carboxylic acids is 1. The lowest BCUT2D eigenvalue weighted by Crippen LogP contribution is -2.25. The predicted molar refractivity (Wildman–Crippen MR) is 73.2 cm³/mol. The Morgan fingerprint density at radius 2 is 2.32 bits per heavy atom. The molecule has 2 heterocycles. The number of carbonyl (C=O) groups is 1. The molecule has 2 rings (SSSR count). The first kappa shape index (κ1) is 14.1. The summed E-state index contributed by atoms with van der Waals surface area (Å²) >= 11 is 0. The highest BCUT2D eigenvalue weighted by atomic mass is 16.4. The third kappa shape index (κ3) is 3.83. The van der Waals surface area contributed by atoms with E-state index in [0.717, 1.165) is 24.6 Å². The molecule has 0 bridgehead atoms. The molecule has 0 aromatic carbocycles. The Bertz CT molecular complexity index is 413. The topological polar surface area (TPSA) is 53.7 Å². The molecule has 1 atom stereocenters. The van der Waals surface area contributed by atoms with Crippen molar-refractivity contribution in [1.82, 2.24) is 4.90 Å². The quantitative estimate of drug-likeness (QED) is 0.886. The lowest BCUT2D eigenvalue weighted by Gasteiger charge is -2.19. The van der Waals surface area contributed by atoms with E-state index in [-0.39, 0.29) is 5.76 Å². The SMILES string of the molecule is CCCC1CCCN(Cc2ccoc2C(=O)O)CC1. The minimum atomic E-state index is -0.973. The van der Waals surface area contributed by atoms with Crippen molar-refractivity contribution < 1.29 is 14.3 Å². The van der Waals surface area contributed by atoms with Gasteiger partial charge in [-0.2, -0.15) is 0 Å². The largest absolute Gasteiger partial charge is 0.475 e. The molecule has 19 heavy (non-hydrogen) atoms. The second kappa shape index (κ2) is 6.75. The number of hydrogen-bond acceptors (Lipinski definition) is 3. The molecule has 4 heteroatoms. The minimum Gasteiger partial charge on any atom is -0.475 e. The summed E-state index contributed by atoms with van der Waals surface area (Å²) < 4.78 is 5.03. The van der Waals surface area contributed by atoms with Gasteiger partial charge in [0.15, 0.2) is 0 Å². The van der Waals surface area contributed by atoms with Crippen molar-refractivity contribution in [2.24, 2.45) is 5.92 Å². The Hall–Kier alpha value is -1.29. The van der Waals surface area contributed by atoms with Crippen LogP contribution in [0.5, 0.6) is 0 Å². The van der Waals surface area contributed by atoms with Gasteiger partial charge in [-0.15, -0.1) is 0 Å². The molecule has 1 fully saturated rings. The summed E-state index contributed by atoms with van der Waals surface area (Å²) in [6, 6.07) is 1.78. The Labute approximate surface area is 114 Å². The first-order chi connectivity index (χ1) is 9.20. The molecule has 0 saturated carbocycles. The first-order valence-corrected chi connectivity index (χ1v) is 7.22. The summed E-state index contributed by atoms with van der Waals surface area (Å²) in [5.74, 6) is -0.0358. The first-order valence-electron chi connectivity index (χ1n) is 7.22. The van der Waals surface area contributed by atoms with Crippen LogP contribution in [0.25, 0.3) is 0 Å². The maximum absolute atomic E-state index is 11.0. The molecule has 1 aromatic heterocycles. The molecular formula is C15H23NO3. The van der Waals surface area contributed by atoms with Gasteiger partial charge < -0.3 is 9.52 Å². The lowest BCUT2D eigenvalue weighted by atomic mass is 9.96. The van der Waals surface area contributed by atoms with Crippen LogP contribution in [0.15, 0.2) is 16.7 Å². The van der Waals surface area contributed by atoms with Crippen molar-refractivity contribution in [3.63, 3.8) is 0 Å². The monoisotopic (exact) mass is 265 g/mol. The number of nitrogens with zero attached hydrogens (tertiary/aromatic N) is 1. The van der Waals surface area contributed by atoms with Crippen LogP contribution < -0.4 is 0 Å². The van der Waals surface area contributed by atoms with Gasteiger partial charge in [-0.3, -0.25) is 4.90 Å². The van der Waals surface area contributed by atoms with Gasteiger partial charge in [-0.1, -0.05) is 19.8 Å². The van der Waals surface area contributed by atoms with E-state index in [1.807, 2.05) is 0 Å². The highest BCUT2D eigenvalue weighted by Crippen LogP contribution is 2.23.